The SMILES string of the molecule is CCCCN[C@@H](C)c1nccs1. The van der Waals surface area contributed by atoms with E-state index in [4.69, 9.17) is 0 Å². The van der Waals surface area contributed by atoms with Crippen molar-refractivity contribution in [3.05, 3.63) is 16.6 Å². The molecule has 0 aliphatic heterocycles. The smallest absolute Gasteiger partial charge is 0.109 e. The third-order valence-electron chi connectivity index (χ3n) is 1.80. The first kappa shape index (κ1) is 9.68. The molecule has 0 fully saturated rings. The van der Waals surface area contributed by atoms with Gasteiger partial charge in [0, 0.05) is 11.6 Å². The summed E-state index contributed by atoms with van der Waals surface area (Å²) in [5.74, 6) is 0. The van der Waals surface area contributed by atoms with Gasteiger partial charge in [-0.2, -0.15) is 0 Å². The van der Waals surface area contributed by atoms with Crippen LogP contribution in [-0.2, 0) is 0 Å². The lowest BCUT2D eigenvalue weighted by atomic mass is 10.3. The van der Waals surface area contributed by atoms with Crippen molar-refractivity contribution in [1.29, 1.82) is 0 Å². The van der Waals surface area contributed by atoms with Crippen LogP contribution in [0.1, 0.15) is 37.7 Å². The Morgan fingerprint density at radius 3 is 3.08 bits per heavy atom. The normalized spacial score (nSPS) is 13.2. The number of hydrogen-bond donors (Lipinski definition) is 1. The van der Waals surface area contributed by atoms with E-state index in [0.29, 0.717) is 6.04 Å². The Bertz CT molecular complexity index is 196. The van der Waals surface area contributed by atoms with Crippen LogP contribution in [0.2, 0.25) is 0 Å². The molecule has 0 aromatic carbocycles. The number of nitrogens with one attached hydrogen (secondary N) is 1. The summed E-state index contributed by atoms with van der Waals surface area (Å²) in [6.07, 6.45) is 4.35. The average Bonchev–Trinajstić information content (AvgIpc) is 2.56. The van der Waals surface area contributed by atoms with Crippen LogP contribution in [0.5, 0.6) is 0 Å². The van der Waals surface area contributed by atoms with Gasteiger partial charge in [-0.1, -0.05) is 13.3 Å². The van der Waals surface area contributed by atoms with Gasteiger partial charge in [-0.3, -0.25) is 0 Å². The van der Waals surface area contributed by atoms with E-state index in [1.807, 2.05) is 11.6 Å². The second-order valence-electron chi connectivity index (χ2n) is 2.90. The number of rotatable bonds is 5. The summed E-state index contributed by atoms with van der Waals surface area (Å²) in [5.41, 5.74) is 0. The van der Waals surface area contributed by atoms with Gasteiger partial charge in [0.25, 0.3) is 0 Å². The van der Waals surface area contributed by atoms with Crippen molar-refractivity contribution >= 4 is 11.3 Å². The molecule has 0 bridgehead atoms. The molecule has 3 heteroatoms. The third kappa shape index (κ3) is 2.91. The maximum Gasteiger partial charge on any atom is 0.109 e. The fourth-order valence-electron chi connectivity index (χ4n) is 1.03. The van der Waals surface area contributed by atoms with E-state index in [9.17, 15) is 0 Å². The van der Waals surface area contributed by atoms with Crippen LogP contribution in [0.4, 0.5) is 0 Å². The second kappa shape index (κ2) is 5.27. The van der Waals surface area contributed by atoms with E-state index >= 15 is 0 Å². The highest BCUT2D eigenvalue weighted by atomic mass is 32.1. The van der Waals surface area contributed by atoms with Crippen LogP contribution in [0, 0.1) is 0 Å². The number of aromatic nitrogens is 1. The average molecular weight is 184 g/mol. The Morgan fingerprint density at radius 1 is 1.67 bits per heavy atom. The minimum absolute atomic E-state index is 0.413. The fourth-order valence-corrected chi connectivity index (χ4v) is 1.70. The predicted molar refractivity (Wildman–Crippen MR) is 53.4 cm³/mol. The highest BCUT2D eigenvalue weighted by Gasteiger charge is 2.05. The van der Waals surface area contributed by atoms with Crippen LogP contribution in [0.3, 0.4) is 0 Å². The van der Waals surface area contributed by atoms with Gasteiger partial charge < -0.3 is 5.32 Å². The van der Waals surface area contributed by atoms with Crippen LogP contribution < -0.4 is 5.32 Å². The lowest BCUT2D eigenvalue weighted by molar-refractivity contribution is 0.552. The molecule has 0 aliphatic rings. The van der Waals surface area contributed by atoms with Crippen molar-refractivity contribution in [2.24, 2.45) is 0 Å². The number of hydrogen-bond acceptors (Lipinski definition) is 3. The second-order valence-corrected chi connectivity index (χ2v) is 3.83. The first-order valence-electron chi connectivity index (χ1n) is 4.47. The molecule has 0 saturated heterocycles. The largest absolute Gasteiger partial charge is 0.308 e. The molecule has 1 atom stereocenters. The van der Waals surface area contributed by atoms with E-state index in [0.717, 1.165) is 6.54 Å². The summed E-state index contributed by atoms with van der Waals surface area (Å²) in [5, 5.41) is 6.64. The summed E-state index contributed by atoms with van der Waals surface area (Å²) in [4.78, 5) is 4.25. The van der Waals surface area contributed by atoms with Crippen molar-refractivity contribution in [2.75, 3.05) is 6.54 Å². The summed E-state index contributed by atoms with van der Waals surface area (Å²) >= 11 is 1.72. The molecular weight excluding hydrogens is 168 g/mol. The first-order chi connectivity index (χ1) is 5.84. The predicted octanol–water partition coefficient (Wildman–Crippen LogP) is 2.59. The fraction of sp³-hybridized carbons (Fsp3) is 0.667. The molecule has 1 aromatic heterocycles. The lowest BCUT2D eigenvalue weighted by Crippen LogP contribution is -2.19. The molecule has 1 aromatic rings. The molecule has 0 amide bonds. The van der Waals surface area contributed by atoms with E-state index in [1.54, 1.807) is 11.3 Å². The summed E-state index contributed by atoms with van der Waals surface area (Å²) < 4.78 is 0. The molecule has 0 saturated carbocycles. The zero-order chi connectivity index (χ0) is 8.81. The summed E-state index contributed by atoms with van der Waals surface area (Å²) in [6, 6.07) is 0.413. The summed E-state index contributed by atoms with van der Waals surface area (Å²) in [6.45, 7) is 5.46. The van der Waals surface area contributed by atoms with Crippen molar-refractivity contribution in [1.82, 2.24) is 10.3 Å². The Balaban J connectivity index is 2.25. The zero-order valence-electron chi connectivity index (χ0n) is 7.71. The first-order valence-corrected chi connectivity index (χ1v) is 5.35. The van der Waals surface area contributed by atoms with E-state index in [1.165, 1.54) is 17.8 Å². The Morgan fingerprint density at radius 2 is 2.50 bits per heavy atom. The van der Waals surface area contributed by atoms with E-state index < -0.39 is 0 Å². The molecule has 68 valence electrons. The molecule has 0 aliphatic carbocycles. The molecular formula is C9H16N2S. The maximum absolute atomic E-state index is 4.25. The van der Waals surface area contributed by atoms with Crippen molar-refractivity contribution in [3.63, 3.8) is 0 Å². The van der Waals surface area contributed by atoms with Gasteiger partial charge in [-0.05, 0) is 19.9 Å². The monoisotopic (exact) mass is 184 g/mol. The highest BCUT2D eigenvalue weighted by molar-refractivity contribution is 7.09. The van der Waals surface area contributed by atoms with Crippen molar-refractivity contribution < 1.29 is 0 Å². The van der Waals surface area contributed by atoms with Gasteiger partial charge >= 0.3 is 0 Å². The van der Waals surface area contributed by atoms with Crippen LogP contribution in [0.15, 0.2) is 11.6 Å². The molecule has 0 spiro atoms. The maximum atomic E-state index is 4.25. The van der Waals surface area contributed by atoms with Crippen LogP contribution in [0.25, 0.3) is 0 Å². The molecule has 2 nitrogen and oxygen atoms in total. The lowest BCUT2D eigenvalue weighted by Gasteiger charge is -2.09. The van der Waals surface area contributed by atoms with E-state index in [-0.39, 0.29) is 0 Å². The highest BCUT2D eigenvalue weighted by Crippen LogP contribution is 2.14. The molecule has 1 rings (SSSR count). The minimum Gasteiger partial charge on any atom is -0.308 e. The number of thiazole rings is 1. The summed E-state index contributed by atoms with van der Waals surface area (Å²) in [7, 11) is 0. The molecule has 1 N–H and O–H groups in total. The van der Waals surface area contributed by atoms with E-state index in [2.05, 4.69) is 24.1 Å². The van der Waals surface area contributed by atoms with Gasteiger partial charge in [0.15, 0.2) is 0 Å². The number of unbranched alkanes of at least 4 members (excludes halogenated alkanes) is 1. The van der Waals surface area contributed by atoms with Gasteiger partial charge in [0.05, 0.1) is 6.04 Å². The zero-order valence-corrected chi connectivity index (χ0v) is 8.53. The minimum atomic E-state index is 0.413. The van der Waals surface area contributed by atoms with Crippen LogP contribution >= 0.6 is 11.3 Å². The van der Waals surface area contributed by atoms with Gasteiger partial charge in [-0.25, -0.2) is 4.98 Å². The van der Waals surface area contributed by atoms with Gasteiger partial charge in [0.2, 0.25) is 0 Å². The third-order valence-corrected chi connectivity index (χ3v) is 2.76. The Hall–Kier alpha value is -0.410. The quantitative estimate of drug-likeness (QED) is 0.711. The molecule has 0 radical (unpaired) electrons. The number of nitrogens with zero attached hydrogens (tertiary/aromatic N) is 1. The Labute approximate surface area is 78.0 Å². The molecule has 0 unspecified atom stereocenters. The molecule has 1 heterocycles. The van der Waals surface area contributed by atoms with Crippen molar-refractivity contribution in [3.8, 4) is 0 Å². The van der Waals surface area contributed by atoms with Gasteiger partial charge in [-0.15, -0.1) is 11.3 Å². The Kier molecular flexibility index (Phi) is 4.25. The van der Waals surface area contributed by atoms with Crippen LogP contribution in [-0.4, -0.2) is 11.5 Å². The standard InChI is InChI=1S/C9H16N2S/c1-3-4-5-10-8(2)9-11-6-7-12-9/h6-8,10H,3-5H2,1-2H3/t8-/m0/s1. The van der Waals surface area contributed by atoms with Gasteiger partial charge in [0.1, 0.15) is 5.01 Å². The van der Waals surface area contributed by atoms with Crippen molar-refractivity contribution in [2.45, 2.75) is 32.7 Å². The molecule has 12 heavy (non-hydrogen) atoms. The topological polar surface area (TPSA) is 24.9 Å².